The minimum atomic E-state index is -0.594. The van der Waals surface area contributed by atoms with Gasteiger partial charge in [-0.3, -0.25) is 4.79 Å². The van der Waals surface area contributed by atoms with Crippen LogP contribution in [0.15, 0.2) is 28.7 Å². The van der Waals surface area contributed by atoms with Gasteiger partial charge in [0.15, 0.2) is 0 Å². The number of carbonyl (C=O) groups excluding carboxylic acids is 1. The van der Waals surface area contributed by atoms with Gasteiger partial charge in [-0.1, -0.05) is 28.1 Å². The monoisotopic (exact) mass is 285 g/mol. The van der Waals surface area contributed by atoms with Crippen molar-refractivity contribution in [3.8, 4) is 0 Å². The molecule has 0 saturated carbocycles. The summed E-state index contributed by atoms with van der Waals surface area (Å²) in [5.74, 6) is -0.349. The summed E-state index contributed by atoms with van der Waals surface area (Å²) in [6.07, 6.45) is 0.377. The molecule has 0 aliphatic carbocycles. The maximum absolute atomic E-state index is 11.5. The smallest absolute Gasteiger partial charge is 0.323 e. The highest BCUT2D eigenvalue weighted by molar-refractivity contribution is 9.10. The Labute approximate surface area is 104 Å². The average molecular weight is 286 g/mol. The van der Waals surface area contributed by atoms with Crippen LogP contribution in [0.5, 0.6) is 0 Å². The molecule has 0 aliphatic heterocycles. The molecule has 0 heterocycles. The number of hydrogen-bond acceptors (Lipinski definition) is 3. The van der Waals surface area contributed by atoms with Gasteiger partial charge in [0.1, 0.15) is 6.04 Å². The van der Waals surface area contributed by atoms with Gasteiger partial charge in [-0.15, -0.1) is 0 Å². The summed E-state index contributed by atoms with van der Waals surface area (Å²) >= 11 is 3.35. The molecule has 0 radical (unpaired) electrons. The number of halogens is 1. The van der Waals surface area contributed by atoms with Crippen LogP contribution in [-0.4, -0.2) is 18.1 Å². The van der Waals surface area contributed by atoms with E-state index in [1.807, 2.05) is 38.1 Å². The largest absolute Gasteiger partial charge is 0.462 e. The van der Waals surface area contributed by atoms with Crippen LogP contribution in [0.25, 0.3) is 0 Å². The second kappa shape index (κ2) is 6.01. The minimum Gasteiger partial charge on any atom is -0.462 e. The lowest BCUT2D eigenvalue weighted by Gasteiger charge is -2.13. The topological polar surface area (TPSA) is 52.3 Å². The highest BCUT2D eigenvalue weighted by atomic mass is 79.9. The van der Waals surface area contributed by atoms with E-state index >= 15 is 0 Å². The van der Waals surface area contributed by atoms with Crippen molar-refractivity contribution in [2.24, 2.45) is 5.73 Å². The van der Waals surface area contributed by atoms with Crippen LogP contribution in [0.2, 0.25) is 0 Å². The van der Waals surface area contributed by atoms with E-state index in [0.717, 1.165) is 10.0 Å². The molecule has 4 heteroatoms. The van der Waals surface area contributed by atoms with Gasteiger partial charge >= 0.3 is 5.97 Å². The Morgan fingerprint density at radius 3 is 2.44 bits per heavy atom. The van der Waals surface area contributed by atoms with Crippen molar-refractivity contribution in [3.05, 3.63) is 34.3 Å². The van der Waals surface area contributed by atoms with Crippen molar-refractivity contribution < 1.29 is 9.53 Å². The SMILES string of the molecule is CC(C)OC(=O)[C@H](N)Cc1ccc(Br)cc1. The number of rotatable bonds is 4. The molecule has 1 atom stereocenters. The number of esters is 1. The normalized spacial score (nSPS) is 12.6. The van der Waals surface area contributed by atoms with Crippen LogP contribution in [0.4, 0.5) is 0 Å². The maximum atomic E-state index is 11.5. The molecule has 1 aromatic rings. The maximum Gasteiger partial charge on any atom is 0.323 e. The Morgan fingerprint density at radius 1 is 1.38 bits per heavy atom. The molecule has 0 aliphatic rings. The molecule has 88 valence electrons. The first-order valence-electron chi connectivity index (χ1n) is 5.19. The number of ether oxygens (including phenoxy) is 1. The number of benzene rings is 1. The van der Waals surface area contributed by atoms with Crippen LogP contribution in [-0.2, 0) is 16.0 Å². The van der Waals surface area contributed by atoms with E-state index in [1.54, 1.807) is 0 Å². The standard InChI is InChI=1S/C12H16BrNO2/c1-8(2)16-12(15)11(14)7-9-3-5-10(13)6-4-9/h3-6,8,11H,7,14H2,1-2H3/t11-/m1/s1. The molecule has 2 N–H and O–H groups in total. The summed E-state index contributed by atoms with van der Waals surface area (Å²) < 4.78 is 6.04. The highest BCUT2D eigenvalue weighted by Crippen LogP contribution is 2.12. The zero-order valence-electron chi connectivity index (χ0n) is 9.44. The van der Waals surface area contributed by atoms with Crippen LogP contribution >= 0.6 is 15.9 Å². The fourth-order valence-electron chi connectivity index (χ4n) is 1.28. The predicted molar refractivity (Wildman–Crippen MR) is 67.0 cm³/mol. The van der Waals surface area contributed by atoms with Gasteiger partial charge in [0.05, 0.1) is 6.10 Å². The second-order valence-electron chi connectivity index (χ2n) is 3.92. The van der Waals surface area contributed by atoms with Gasteiger partial charge < -0.3 is 10.5 Å². The molecule has 1 aromatic carbocycles. The molecule has 0 fully saturated rings. The first kappa shape index (κ1) is 13.2. The first-order valence-corrected chi connectivity index (χ1v) is 5.99. The fourth-order valence-corrected chi connectivity index (χ4v) is 1.54. The molecule has 1 rings (SSSR count). The van der Waals surface area contributed by atoms with E-state index in [4.69, 9.17) is 10.5 Å². The molecule has 0 unspecified atom stereocenters. The molecule has 16 heavy (non-hydrogen) atoms. The third-order valence-corrected chi connectivity index (χ3v) is 2.55. The Kier molecular flexibility index (Phi) is 4.96. The molecule has 0 spiro atoms. The van der Waals surface area contributed by atoms with Crippen LogP contribution in [0.1, 0.15) is 19.4 Å². The number of hydrogen-bond donors (Lipinski definition) is 1. The second-order valence-corrected chi connectivity index (χ2v) is 4.84. The lowest BCUT2D eigenvalue weighted by molar-refractivity contribution is -0.148. The summed E-state index contributed by atoms with van der Waals surface area (Å²) in [7, 11) is 0. The molecular formula is C12H16BrNO2. The van der Waals surface area contributed by atoms with Gasteiger partial charge in [0, 0.05) is 4.47 Å². The Balaban J connectivity index is 2.53. The van der Waals surface area contributed by atoms with Gasteiger partial charge in [-0.05, 0) is 38.0 Å². The Morgan fingerprint density at radius 2 is 1.94 bits per heavy atom. The molecular weight excluding hydrogens is 270 g/mol. The van der Waals surface area contributed by atoms with Crippen molar-refractivity contribution in [2.45, 2.75) is 32.4 Å². The first-order chi connectivity index (χ1) is 7.49. The van der Waals surface area contributed by atoms with Crippen molar-refractivity contribution in [2.75, 3.05) is 0 Å². The fraction of sp³-hybridized carbons (Fsp3) is 0.417. The van der Waals surface area contributed by atoms with E-state index in [2.05, 4.69) is 15.9 Å². The van der Waals surface area contributed by atoms with Gasteiger partial charge in [0.25, 0.3) is 0 Å². The van der Waals surface area contributed by atoms with Gasteiger partial charge in [-0.25, -0.2) is 0 Å². The third kappa shape index (κ3) is 4.33. The van der Waals surface area contributed by atoms with E-state index < -0.39 is 6.04 Å². The lowest BCUT2D eigenvalue weighted by atomic mass is 10.1. The molecule has 0 amide bonds. The Hall–Kier alpha value is -0.870. The predicted octanol–water partition coefficient (Wildman–Crippen LogP) is 2.27. The molecule has 3 nitrogen and oxygen atoms in total. The molecule has 0 aromatic heterocycles. The van der Waals surface area contributed by atoms with E-state index in [1.165, 1.54) is 0 Å². The van der Waals surface area contributed by atoms with E-state index in [9.17, 15) is 4.79 Å². The van der Waals surface area contributed by atoms with E-state index in [-0.39, 0.29) is 12.1 Å². The third-order valence-electron chi connectivity index (χ3n) is 2.02. The summed E-state index contributed by atoms with van der Waals surface area (Å²) in [5, 5.41) is 0. The van der Waals surface area contributed by atoms with Crippen LogP contribution in [0, 0.1) is 0 Å². The lowest BCUT2D eigenvalue weighted by Crippen LogP contribution is -2.35. The summed E-state index contributed by atoms with van der Waals surface area (Å²) in [4.78, 5) is 11.5. The van der Waals surface area contributed by atoms with Crippen LogP contribution in [0.3, 0.4) is 0 Å². The average Bonchev–Trinajstić information content (AvgIpc) is 2.20. The highest BCUT2D eigenvalue weighted by Gasteiger charge is 2.16. The van der Waals surface area contributed by atoms with Crippen molar-refractivity contribution >= 4 is 21.9 Å². The van der Waals surface area contributed by atoms with Crippen molar-refractivity contribution in [1.82, 2.24) is 0 Å². The van der Waals surface area contributed by atoms with E-state index in [0.29, 0.717) is 6.42 Å². The molecule has 0 bridgehead atoms. The zero-order valence-corrected chi connectivity index (χ0v) is 11.0. The van der Waals surface area contributed by atoms with Gasteiger partial charge in [-0.2, -0.15) is 0 Å². The Bertz CT molecular complexity index is 349. The molecule has 0 saturated heterocycles. The minimum absolute atomic E-state index is 0.122. The number of nitrogens with two attached hydrogens (primary N) is 1. The summed E-state index contributed by atoms with van der Waals surface area (Å²) in [5.41, 5.74) is 6.77. The van der Waals surface area contributed by atoms with Crippen molar-refractivity contribution in [1.29, 1.82) is 0 Å². The summed E-state index contributed by atoms with van der Waals surface area (Å²) in [6.45, 7) is 3.62. The number of carbonyl (C=O) groups is 1. The summed E-state index contributed by atoms with van der Waals surface area (Å²) in [6, 6.07) is 7.13. The van der Waals surface area contributed by atoms with Crippen molar-refractivity contribution in [3.63, 3.8) is 0 Å². The van der Waals surface area contributed by atoms with Gasteiger partial charge in [0.2, 0.25) is 0 Å². The quantitative estimate of drug-likeness (QED) is 0.864. The zero-order chi connectivity index (χ0) is 12.1. The van der Waals surface area contributed by atoms with Crippen LogP contribution < -0.4 is 5.73 Å².